The van der Waals surface area contributed by atoms with Crippen LogP contribution in [-0.4, -0.2) is 50.8 Å². The van der Waals surface area contributed by atoms with Crippen molar-refractivity contribution in [3.63, 3.8) is 0 Å². The number of nitrogens with one attached hydrogen (secondary N) is 1. The molecule has 124 valence electrons. The first-order valence-corrected chi connectivity index (χ1v) is 8.60. The Morgan fingerprint density at radius 3 is 2.33 bits per heavy atom. The molecule has 21 heavy (non-hydrogen) atoms. The van der Waals surface area contributed by atoms with E-state index in [-0.39, 0.29) is 18.9 Å². The molecule has 1 aliphatic rings. The van der Waals surface area contributed by atoms with Gasteiger partial charge in [-0.05, 0) is 18.8 Å². The molecule has 9 heteroatoms. The molecule has 1 aliphatic heterocycles. The molecule has 1 fully saturated rings. The fourth-order valence-electron chi connectivity index (χ4n) is 2.27. The molecule has 1 unspecified atom stereocenters. The van der Waals surface area contributed by atoms with Crippen molar-refractivity contribution < 1.29 is 26.4 Å². The highest BCUT2D eigenvalue weighted by Crippen LogP contribution is 2.27. The first-order valence-electron chi connectivity index (χ1n) is 6.95. The van der Waals surface area contributed by atoms with Gasteiger partial charge in [0.2, 0.25) is 15.9 Å². The van der Waals surface area contributed by atoms with Gasteiger partial charge in [-0.1, -0.05) is 13.3 Å². The number of carbonyl (C=O) groups excluding carboxylic acids is 1. The molecule has 0 aromatic carbocycles. The number of hydrogen-bond donors (Lipinski definition) is 1. The lowest BCUT2D eigenvalue weighted by molar-refractivity contribution is -0.143. The van der Waals surface area contributed by atoms with E-state index in [1.54, 1.807) is 4.90 Å². The van der Waals surface area contributed by atoms with Crippen LogP contribution in [0.1, 0.15) is 32.6 Å². The molecular formula is C12H21F3N2O3S. The minimum absolute atomic E-state index is 0.112. The van der Waals surface area contributed by atoms with E-state index in [2.05, 4.69) is 4.72 Å². The molecule has 1 saturated heterocycles. The zero-order valence-corrected chi connectivity index (χ0v) is 12.8. The largest absolute Gasteiger partial charge is 0.389 e. The van der Waals surface area contributed by atoms with Crippen molar-refractivity contribution in [3.05, 3.63) is 0 Å². The van der Waals surface area contributed by atoms with Gasteiger partial charge in [-0.15, -0.1) is 0 Å². The van der Waals surface area contributed by atoms with E-state index in [9.17, 15) is 26.4 Å². The van der Waals surface area contributed by atoms with Gasteiger partial charge in [0.1, 0.15) is 0 Å². The molecule has 0 bridgehead atoms. The molecular weight excluding hydrogens is 309 g/mol. The Labute approximate surface area is 122 Å². The average molecular weight is 330 g/mol. The third-order valence-corrected chi connectivity index (χ3v) is 4.95. The van der Waals surface area contributed by atoms with Crippen molar-refractivity contribution in [1.29, 1.82) is 0 Å². The predicted molar refractivity (Wildman–Crippen MR) is 72.1 cm³/mol. The van der Waals surface area contributed by atoms with Crippen molar-refractivity contribution >= 4 is 15.9 Å². The lowest BCUT2D eigenvalue weighted by Crippen LogP contribution is -2.40. The van der Waals surface area contributed by atoms with E-state index in [1.165, 1.54) is 6.92 Å². The zero-order chi connectivity index (χ0) is 16.1. The van der Waals surface area contributed by atoms with Crippen LogP contribution in [0.2, 0.25) is 0 Å². The summed E-state index contributed by atoms with van der Waals surface area (Å²) in [6.07, 6.45) is -3.63. The Morgan fingerprint density at radius 2 is 1.86 bits per heavy atom. The second-order valence-corrected chi connectivity index (χ2v) is 7.14. The average Bonchev–Trinajstić information content (AvgIpc) is 2.87. The molecule has 1 N–H and O–H groups in total. The van der Waals surface area contributed by atoms with Gasteiger partial charge in [-0.3, -0.25) is 4.79 Å². The van der Waals surface area contributed by atoms with Gasteiger partial charge < -0.3 is 4.90 Å². The van der Waals surface area contributed by atoms with E-state index >= 15 is 0 Å². The first-order chi connectivity index (χ1) is 9.63. The summed E-state index contributed by atoms with van der Waals surface area (Å²) < 4.78 is 62.5. The SMILES string of the molecule is CCC(CC(F)(F)F)CS(=O)(=O)NCC(=O)N1CCCC1. The molecule has 0 saturated carbocycles. The summed E-state index contributed by atoms with van der Waals surface area (Å²) in [6, 6.07) is 0. The number of hydrogen-bond acceptors (Lipinski definition) is 3. The number of rotatable bonds is 7. The van der Waals surface area contributed by atoms with E-state index in [1.807, 2.05) is 0 Å². The van der Waals surface area contributed by atoms with Crippen LogP contribution >= 0.6 is 0 Å². The minimum Gasteiger partial charge on any atom is -0.342 e. The Kier molecular flexibility index (Phi) is 6.45. The van der Waals surface area contributed by atoms with Gasteiger partial charge in [0.25, 0.3) is 0 Å². The Bertz CT molecular complexity index is 445. The normalized spacial score (nSPS) is 18.0. The Balaban J connectivity index is 2.46. The lowest BCUT2D eigenvalue weighted by atomic mass is 10.1. The second-order valence-electron chi connectivity index (χ2n) is 5.28. The highest BCUT2D eigenvalue weighted by atomic mass is 32.2. The van der Waals surface area contributed by atoms with E-state index in [0.717, 1.165) is 12.8 Å². The summed E-state index contributed by atoms with van der Waals surface area (Å²) in [4.78, 5) is 13.2. The van der Waals surface area contributed by atoms with Gasteiger partial charge in [0.15, 0.2) is 0 Å². The number of sulfonamides is 1. The molecule has 1 amide bonds. The molecule has 5 nitrogen and oxygen atoms in total. The number of alkyl halides is 3. The lowest BCUT2D eigenvalue weighted by Gasteiger charge is -2.18. The van der Waals surface area contributed by atoms with Gasteiger partial charge in [0.05, 0.1) is 12.3 Å². The third-order valence-electron chi connectivity index (χ3n) is 3.45. The summed E-state index contributed by atoms with van der Waals surface area (Å²) in [5.41, 5.74) is 0. The Morgan fingerprint density at radius 1 is 1.29 bits per heavy atom. The monoisotopic (exact) mass is 330 g/mol. The minimum atomic E-state index is -4.39. The number of carbonyl (C=O) groups is 1. The van der Waals surface area contributed by atoms with Crippen molar-refractivity contribution in [2.45, 2.75) is 38.8 Å². The van der Waals surface area contributed by atoms with Crippen LogP contribution in [0.15, 0.2) is 0 Å². The van der Waals surface area contributed by atoms with Gasteiger partial charge in [0, 0.05) is 19.5 Å². The van der Waals surface area contributed by atoms with Gasteiger partial charge >= 0.3 is 6.18 Å². The Hall–Kier alpha value is -0.830. The molecule has 0 radical (unpaired) electrons. The van der Waals surface area contributed by atoms with E-state index in [0.29, 0.717) is 13.1 Å². The number of amides is 1. The molecule has 1 heterocycles. The van der Waals surface area contributed by atoms with Crippen molar-refractivity contribution in [2.24, 2.45) is 5.92 Å². The van der Waals surface area contributed by atoms with Crippen LogP contribution in [0.25, 0.3) is 0 Å². The summed E-state index contributed by atoms with van der Waals surface area (Å²) in [5.74, 6) is -1.94. The van der Waals surface area contributed by atoms with Gasteiger partial charge in [-0.25, -0.2) is 13.1 Å². The molecule has 0 spiro atoms. The number of halogens is 3. The summed E-state index contributed by atoms with van der Waals surface area (Å²) >= 11 is 0. The molecule has 0 aromatic rings. The van der Waals surface area contributed by atoms with Crippen LogP contribution in [-0.2, 0) is 14.8 Å². The molecule has 1 atom stereocenters. The van der Waals surface area contributed by atoms with Crippen LogP contribution in [0.4, 0.5) is 13.2 Å². The summed E-state index contributed by atoms with van der Waals surface area (Å²) in [7, 11) is -3.89. The molecule has 0 aliphatic carbocycles. The number of likely N-dealkylation sites (tertiary alicyclic amines) is 1. The molecule has 1 rings (SSSR count). The highest BCUT2D eigenvalue weighted by Gasteiger charge is 2.33. The first kappa shape index (κ1) is 18.2. The van der Waals surface area contributed by atoms with Crippen LogP contribution in [0.5, 0.6) is 0 Å². The van der Waals surface area contributed by atoms with Gasteiger partial charge in [-0.2, -0.15) is 13.2 Å². The van der Waals surface area contributed by atoms with Crippen molar-refractivity contribution in [1.82, 2.24) is 9.62 Å². The quantitative estimate of drug-likeness (QED) is 0.769. The van der Waals surface area contributed by atoms with Crippen LogP contribution in [0.3, 0.4) is 0 Å². The predicted octanol–water partition coefficient (Wildman–Crippen LogP) is 1.51. The third kappa shape index (κ3) is 7.12. The van der Waals surface area contributed by atoms with E-state index < -0.39 is 34.3 Å². The summed E-state index contributed by atoms with van der Waals surface area (Å²) in [5, 5.41) is 0. The summed E-state index contributed by atoms with van der Waals surface area (Å²) in [6.45, 7) is 2.34. The maximum absolute atomic E-state index is 12.3. The van der Waals surface area contributed by atoms with Crippen LogP contribution < -0.4 is 4.72 Å². The van der Waals surface area contributed by atoms with Crippen LogP contribution in [0, 0.1) is 5.92 Å². The maximum Gasteiger partial charge on any atom is 0.389 e. The molecule has 0 aromatic heterocycles. The zero-order valence-electron chi connectivity index (χ0n) is 11.9. The second kappa shape index (κ2) is 7.44. The topological polar surface area (TPSA) is 66.5 Å². The van der Waals surface area contributed by atoms with E-state index in [4.69, 9.17) is 0 Å². The van der Waals surface area contributed by atoms with Crippen molar-refractivity contribution in [3.8, 4) is 0 Å². The fourth-order valence-corrected chi connectivity index (χ4v) is 3.70. The standard InChI is InChI=1S/C12H21F3N2O3S/c1-2-10(7-12(13,14)15)9-21(19,20)16-8-11(18)17-5-3-4-6-17/h10,16H,2-9H2,1H3. The van der Waals surface area contributed by atoms with Crippen molar-refractivity contribution in [2.75, 3.05) is 25.4 Å². The number of nitrogens with zero attached hydrogens (tertiary/aromatic N) is 1. The maximum atomic E-state index is 12.3. The fraction of sp³-hybridized carbons (Fsp3) is 0.917. The highest BCUT2D eigenvalue weighted by molar-refractivity contribution is 7.89. The smallest absolute Gasteiger partial charge is 0.342 e.